The Morgan fingerprint density at radius 1 is 1.61 bits per heavy atom. The van der Waals surface area contributed by atoms with E-state index in [4.69, 9.17) is 16.3 Å². The molecule has 100 valence electrons. The van der Waals surface area contributed by atoms with Crippen LogP contribution in [-0.2, 0) is 4.74 Å². The van der Waals surface area contributed by atoms with E-state index in [9.17, 15) is 9.18 Å². The van der Waals surface area contributed by atoms with E-state index in [1.165, 1.54) is 17.0 Å². The van der Waals surface area contributed by atoms with Crippen molar-refractivity contribution in [3.8, 4) is 0 Å². The first-order valence-electron chi connectivity index (χ1n) is 5.29. The molecule has 1 unspecified atom stereocenters. The molecule has 0 bridgehead atoms. The van der Waals surface area contributed by atoms with Crippen LogP contribution in [0.4, 0.5) is 4.39 Å². The van der Waals surface area contributed by atoms with Gasteiger partial charge in [0.25, 0.3) is 5.91 Å². The van der Waals surface area contributed by atoms with Crippen LogP contribution in [0.25, 0.3) is 0 Å². The Labute approximate surface area is 119 Å². The van der Waals surface area contributed by atoms with Gasteiger partial charge in [-0.3, -0.25) is 4.79 Å². The Balaban J connectivity index is 2.74. The van der Waals surface area contributed by atoms with E-state index < -0.39 is 5.82 Å². The first-order valence-corrected chi connectivity index (χ1v) is 6.58. The van der Waals surface area contributed by atoms with Gasteiger partial charge in [0.05, 0.1) is 22.0 Å². The molecule has 18 heavy (non-hydrogen) atoms. The molecule has 0 saturated carbocycles. The molecule has 0 fully saturated rings. The number of hydrogen-bond acceptors (Lipinski definition) is 2. The summed E-state index contributed by atoms with van der Waals surface area (Å²) in [7, 11) is 3.25. The number of nitrogens with zero attached hydrogens (tertiary/aromatic N) is 1. The summed E-state index contributed by atoms with van der Waals surface area (Å²) < 4.78 is 17.9. The summed E-state index contributed by atoms with van der Waals surface area (Å²) in [4.78, 5) is 13.6. The minimum absolute atomic E-state index is 0.0377. The van der Waals surface area contributed by atoms with Crippen LogP contribution in [0, 0.1) is 5.82 Å². The quantitative estimate of drug-likeness (QED) is 0.773. The SMILES string of the molecule is COCC(Br)CN(C)C(=O)c1ccc(F)cc1Cl. The van der Waals surface area contributed by atoms with Crippen LogP contribution >= 0.6 is 27.5 Å². The van der Waals surface area contributed by atoms with E-state index in [2.05, 4.69) is 15.9 Å². The zero-order valence-corrected chi connectivity index (χ0v) is 12.5. The number of carbonyl (C=O) groups is 1. The second kappa shape index (κ2) is 7.07. The van der Waals surface area contributed by atoms with Crippen molar-refractivity contribution in [3.63, 3.8) is 0 Å². The van der Waals surface area contributed by atoms with Gasteiger partial charge < -0.3 is 9.64 Å². The van der Waals surface area contributed by atoms with Gasteiger partial charge in [-0.1, -0.05) is 27.5 Å². The first-order chi connectivity index (χ1) is 8.45. The summed E-state index contributed by atoms with van der Waals surface area (Å²) in [5.74, 6) is -0.711. The number of halogens is 3. The molecule has 1 amide bonds. The summed E-state index contributed by atoms with van der Waals surface area (Å²) >= 11 is 9.24. The maximum absolute atomic E-state index is 12.9. The lowest BCUT2D eigenvalue weighted by atomic mass is 10.2. The average molecular weight is 339 g/mol. The molecule has 0 radical (unpaired) electrons. The van der Waals surface area contributed by atoms with E-state index in [-0.39, 0.29) is 21.3 Å². The van der Waals surface area contributed by atoms with E-state index in [0.29, 0.717) is 13.2 Å². The fourth-order valence-corrected chi connectivity index (χ4v) is 2.43. The van der Waals surface area contributed by atoms with Gasteiger partial charge in [-0.25, -0.2) is 4.39 Å². The van der Waals surface area contributed by atoms with Crippen molar-refractivity contribution in [2.24, 2.45) is 0 Å². The second-order valence-electron chi connectivity index (χ2n) is 3.86. The van der Waals surface area contributed by atoms with Crippen molar-refractivity contribution < 1.29 is 13.9 Å². The van der Waals surface area contributed by atoms with Crippen molar-refractivity contribution >= 4 is 33.4 Å². The van der Waals surface area contributed by atoms with Crippen molar-refractivity contribution in [1.29, 1.82) is 0 Å². The fraction of sp³-hybridized carbons (Fsp3) is 0.417. The average Bonchev–Trinajstić information content (AvgIpc) is 2.28. The molecule has 0 aliphatic heterocycles. The van der Waals surface area contributed by atoms with Gasteiger partial charge in [-0.2, -0.15) is 0 Å². The maximum Gasteiger partial charge on any atom is 0.255 e. The molecule has 0 N–H and O–H groups in total. The highest BCUT2D eigenvalue weighted by molar-refractivity contribution is 9.09. The smallest absolute Gasteiger partial charge is 0.255 e. The van der Waals surface area contributed by atoms with Crippen molar-refractivity contribution in [1.82, 2.24) is 4.90 Å². The molecule has 0 spiro atoms. The van der Waals surface area contributed by atoms with Gasteiger partial charge in [-0.05, 0) is 18.2 Å². The van der Waals surface area contributed by atoms with Crippen LogP contribution in [0.1, 0.15) is 10.4 Å². The predicted octanol–water partition coefficient (Wildman–Crippen LogP) is 2.96. The van der Waals surface area contributed by atoms with Gasteiger partial charge in [-0.15, -0.1) is 0 Å². The zero-order valence-electron chi connectivity index (χ0n) is 10.1. The standard InChI is InChI=1S/C12H14BrClFNO2/c1-16(6-8(13)7-18-2)12(17)10-4-3-9(15)5-11(10)14/h3-5,8H,6-7H2,1-2H3. The Morgan fingerprint density at radius 2 is 2.28 bits per heavy atom. The second-order valence-corrected chi connectivity index (χ2v) is 5.56. The van der Waals surface area contributed by atoms with E-state index in [1.807, 2.05) is 0 Å². The Bertz CT molecular complexity index is 431. The van der Waals surface area contributed by atoms with Gasteiger partial charge >= 0.3 is 0 Å². The normalized spacial score (nSPS) is 12.3. The van der Waals surface area contributed by atoms with Crippen molar-refractivity contribution in [3.05, 3.63) is 34.6 Å². The van der Waals surface area contributed by atoms with Gasteiger partial charge in [0.1, 0.15) is 5.82 Å². The summed E-state index contributed by atoms with van der Waals surface area (Å²) in [5, 5.41) is 0.115. The number of methoxy groups -OCH3 is 1. The van der Waals surface area contributed by atoms with Crippen LogP contribution in [-0.4, -0.2) is 42.9 Å². The fourth-order valence-electron chi connectivity index (χ4n) is 1.48. The number of hydrogen-bond donors (Lipinski definition) is 0. The lowest BCUT2D eigenvalue weighted by Gasteiger charge is -2.20. The molecule has 0 aliphatic carbocycles. The van der Waals surface area contributed by atoms with E-state index >= 15 is 0 Å². The summed E-state index contributed by atoms with van der Waals surface area (Å²) in [6, 6.07) is 3.73. The molecule has 0 aromatic heterocycles. The third kappa shape index (κ3) is 4.23. The third-order valence-electron chi connectivity index (χ3n) is 2.33. The van der Waals surface area contributed by atoms with Crippen LogP contribution < -0.4 is 0 Å². The van der Waals surface area contributed by atoms with E-state index in [0.717, 1.165) is 6.07 Å². The van der Waals surface area contributed by atoms with Crippen LogP contribution in [0.2, 0.25) is 5.02 Å². The summed E-state index contributed by atoms with van der Waals surface area (Å²) in [5.41, 5.74) is 0.290. The Morgan fingerprint density at radius 3 is 2.83 bits per heavy atom. The monoisotopic (exact) mass is 337 g/mol. The lowest BCUT2D eigenvalue weighted by Crippen LogP contribution is -2.33. The molecule has 0 aliphatic rings. The molecule has 1 aromatic rings. The highest BCUT2D eigenvalue weighted by Gasteiger charge is 2.18. The minimum Gasteiger partial charge on any atom is -0.383 e. The largest absolute Gasteiger partial charge is 0.383 e. The first kappa shape index (κ1) is 15.4. The molecular formula is C12H14BrClFNO2. The summed E-state index contributed by atoms with van der Waals surface area (Å²) in [6.07, 6.45) is 0. The molecule has 1 aromatic carbocycles. The minimum atomic E-state index is -0.461. The highest BCUT2D eigenvalue weighted by atomic mass is 79.9. The predicted molar refractivity (Wildman–Crippen MR) is 73.0 cm³/mol. The van der Waals surface area contributed by atoms with Gasteiger partial charge in [0.2, 0.25) is 0 Å². The molecule has 6 heteroatoms. The van der Waals surface area contributed by atoms with Crippen LogP contribution in [0.5, 0.6) is 0 Å². The molecule has 0 saturated heterocycles. The topological polar surface area (TPSA) is 29.5 Å². The van der Waals surface area contributed by atoms with E-state index in [1.54, 1.807) is 14.2 Å². The number of benzene rings is 1. The van der Waals surface area contributed by atoms with Crippen molar-refractivity contribution in [2.75, 3.05) is 27.3 Å². The van der Waals surface area contributed by atoms with Crippen LogP contribution in [0.3, 0.4) is 0 Å². The number of alkyl halides is 1. The number of amides is 1. The molecule has 1 rings (SSSR count). The zero-order chi connectivity index (χ0) is 13.7. The molecule has 0 heterocycles. The van der Waals surface area contributed by atoms with Crippen molar-refractivity contribution in [2.45, 2.75) is 4.83 Å². The highest BCUT2D eigenvalue weighted by Crippen LogP contribution is 2.19. The summed E-state index contributed by atoms with van der Waals surface area (Å²) in [6.45, 7) is 0.967. The lowest BCUT2D eigenvalue weighted by molar-refractivity contribution is 0.0784. The maximum atomic E-state index is 12.9. The number of ether oxygens (including phenoxy) is 1. The molecule has 1 atom stereocenters. The van der Waals surface area contributed by atoms with Gasteiger partial charge in [0, 0.05) is 20.7 Å². The Hall–Kier alpha value is -0.650. The Kier molecular flexibility index (Phi) is 6.05. The van der Waals surface area contributed by atoms with Crippen LogP contribution in [0.15, 0.2) is 18.2 Å². The van der Waals surface area contributed by atoms with Gasteiger partial charge in [0.15, 0.2) is 0 Å². The molecular weight excluding hydrogens is 324 g/mol. The molecule has 3 nitrogen and oxygen atoms in total. The number of rotatable bonds is 5. The third-order valence-corrected chi connectivity index (χ3v) is 3.19. The number of carbonyl (C=O) groups excluding carboxylic acids is 1.